The molecule has 0 bridgehead atoms. The highest BCUT2D eigenvalue weighted by molar-refractivity contribution is 5.77. The molecule has 0 aromatic heterocycles. The van der Waals surface area contributed by atoms with E-state index in [9.17, 15) is 4.79 Å². The molecule has 1 aromatic rings. The normalized spacial score (nSPS) is 11.9. The molecule has 134 valence electrons. The predicted octanol–water partition coefficient (Wildman–Crippen LogP) is 2.44. The molecule has 6 heteroatoms. The molecule has 1 aromatic carbocycles. The van der Waals surface area contributed by atoms with E-state index in [1.165, 1.54) is 5.56 Å². The van der Waals surface area contributed by atoms with Crippen molar-refractivity contribution < 1.29 is 9.53 Å². The number of nitrogens with one attached hydrogen (secondary N) is 2. The summed E-state index contributed by atoms with van der Waals surface area (Å²) in [6.07, 6.45) is 2.22. The van der Waals surface area contributed by atoms with E-state index in [0.29, 0.717) is 19.0 Å². The van der Waals surface area contributed by atoms with Gasteiger partial charge in [0.15, 0.2) is 5.96 Å². The molecular formula is C18H30N4O2. The monoisotopic (exact) mass is 334 g/mol. The van der Waals surface area contributed by atoms with Gasteiger partial charge in [-0.2, -0.15) is 0 Å². The molecule has 6 nitrogen and oxygen atoms in total. The van der Waals surface area contributed by atoms with E-state index in [1.807, 2.05) is 39.0 Å². The Labute approximate surface area is 144 Å². The van der Waals surface area contributed by atoms with Crippen LogP contribution in [0.5, 0.6) is 0 Å². The summed E-state index contributed by atoms with van der Waals surface area (Å²) in [4.78, 5) is 15.7. The summed E-state index contributed by atoms with van der Waals surface area (Å²) in [6.45, 7) is 7.50. The van der Waals surface area contributed by atoms with Crippen LogP contribution in [0.1, 0.15) is 39.2 Å². The molecule has 4 N–H and O–H groups in total. The van der Waals surface area contributed by atoms with Crippen molar-refractivity contribution in [1.82, 2.24) is 10.6 Å². The molecule has 0 fully saturated rings. The topological polar surface area (TPSA) is 88.7 Å². The Kier molecular flexibility index (Phi) is 8.68. The van der Waals surface area contributed by atoms with E-state index in [2.05, 4.69) is 27.8 Å². The maximum atomic E-state index is 11.4. The average molecular weight is 334 g/mol. The number of amides is 1. The van der Waals surface area contributed by atoms with Crippen molar-refractivity contribution in [3.05, 3.63) is 35.9 Å². The van der Waals surface area contributed by atoms with Gasteiger partial charge in [-0.1, -0.05) is 30.3 Å². The molecule has 0 saturated carbocycles. The number of carbonyl (C=O) groups is 1. The molecule has 0 aliphatic carbocycles. The Morgan fingerprint density at radius 3 is 2.50 bits per heavy atom. The summed E-state index contributed by atoms with van der Waals surface area (Å²) in [5.41, 5.74) is 6.62. The standard InChI is InChI=1S/C18H30N4O2/c1-18(2,3)24-17(23)22-13-8-7-12-20-16(19)21-14-11-15-9-5-4-6-10-15/h4-6,9-10H,7-8,11-14H2,1-3H3,(H,22,23)(H3,19,20,21). The van der Waals surface area contributed by atoms with Crippen LogP contribution in [0.2, 0.25) is 0 Å². The van der Waals surface area contributed by atoms with Crippen LogP contribution in [0.3, 0.4) is 0 Å². The Hall–Kier alpha value is -2.24. The molecule has 0 unspecified atom stereocenters. The van der Waals surface area contributed by atoms with Gasteiger partial charge in [-0.05, 0) is 45.6 Å². The fourth-order valence-corrected chi connectivity index (χ4v) is 1.98. The highest BCUT2D eigenvalue weighted by atomic mass is 16.6. The maximum absolute atomic E-state index is 11.4. The molecule has 0 heterocycles. The number of hydrogen-bond acceptors (Lipinski definition) is 3. The highest BCUT2D eigenvalue weighted by Gasteiger charge is 2.15. The van der Waals surface area contributed by atoms with E-state index < -0.39 is 5.60 Å². The number of nitrogens with zero attached hydrogens (tertiary/aromatic N) is 1. The van der Waals surface area contributed by atoms with Crippen LogP contribution in [0, 0.1) is 0 Å². The summed E-state index contributed by atoms with van der Waals surface area (Å²) in [5, 5.41) is 5.83. The molecule has 1 amide bonds. The second-order valence-corrected chi connectivity index (χ2v) is 6.57. The molecule has 0 aliphatic heterocycles. The number of hydrogen-bond donors (Lipinski definition) is 3. The van der Waals surface area contributed by atoms with Gasteiger partial charge in [0.1, 0.15) is 5.60 Å². The Bertz CT molecular complexity index is 510. The van der Waals surface area contributed by atoms with Crippen LogP contribution in [0.25, 0.3) is 0 Å². The zero-order valence-electron chi connectivity index (χ0n) is 15.0. The van der Waals surface area contributed by atoms with E-state index in [1.54, 1.807) is 0 Å². The van der Waals surface area contributed by atoms with Gasteiger partial charge in [-0.15, -0.1) is 0 Å². The van der Waals surface area contributed by atoms with Crippen molar-refractivity contribution in [3.8, 4) is 0 Å². The number of alkyl carbamates (subject to hydrolysis) is 1. The van der Waals surface area contributed by atoms with Gasteiger partial charge in [0, 0.05) is 19.6 Å². The first-order chi connectivity index (χ1) is 11.4. The number of benzene rings is 1. The van der Waals surface area contributed by atoms with Crippen LogP contribution < -0.4 is 16.4 Å². The van der Waals surface area contributed by atoms with Crippen molar-refractivity contribution in [3.63, 3.8) is 0 Å². The van der Waals surface area contributed by atoms with E-state index >= 15 is 0 Å². The summed E-state index contributed by atoms with van der Waals surface area (Å²) >= 11 is 0. The van der Waals surface area contributed by atoms with E-state index in [0.717, 1.165) is 25.8 Å². The summed E-state index contributed by atoms with van der Waals surface area (Å²) in [6, 6.07) is 10.2. The first kappa shape index (κ1) is 19.8. The third kappa shape index (κ3) is 10.5. The van der Waals surface area contributed by atoms with Gasteiger partial charge in [-0.3, -0.25) is 4.99 Å². The minimum absolute atomic E-state index is 0.381. The van der Waals surface area contributed by atoms with Gasteiger partial charge in [-0.25, -0.2) is 4.79 Å². The largest absolute Gasteiger partial charge is 0.444 e. The SMILES string of the molecule is CC(C)(C)OC(=O)NCCCCN=C(N)NCCc1ccccc1. The number of guanidine groups is 1. The van der Waals surface area contributed by atoms with Gasteiger partial charge in [0.2, 0.25) is 0 Å². The number of nitrogens with two attached hydrogens (primary N) is 1. The summed E-state index contributed by atoms with van der Waals surface area (Å²) in [7, 11) is 0. The van der Waals surface area contributed by atoms with Crippen LogP contribution in [0.15, 0.2) is 35.3 Å². The van der Waals surface area contributed by atoms with Gasteiger partial charge >= 0.3 is 6.09 Å². The zero-order chi connectivity index (χ0) is 17.8. The number of carbonyl (C=O) groups excluding carboxylic acids is 1. The Morgan fingerprint density at radius 2 is 1.83 bits per heavy atom. The smallest absolute Gasteiger partial charge is 0.407 e. The summed E-state index contributed by atoms with van der Waals surface area (Å²) < 4.78 is 5.16. The van der Waals surface area contributed by atoms with Crippen molar-refractivity contribution in [2.24, 2.45) is 10.7 Å². The molecule has 0 aliphatic rings. The Balaban J connectivity index is 2.04. The first-order valence-corrected chi connectivity index (χ1v) is 8.41. The van der Waals surface area contributed by atoms with Gasteiger partial charge in [0.25, 0.3) is 0 Å². The fourth-order valence-electron chi connectivity index (χ4n) is 1.98. The van der Waals surface area contributed by atoms with Gasteiger partial charge in [0.05, 0.1) is 0 Å². The number of ether oxygens (including phenoxy) is 1. The fraction of sp³-hybridized carbons (Fsp3) is 0.556. The van der Waals surface area contributed by atoms with Crippen LogP contribution in [-0.2, 0) is 11.2 Å². The van der Waals surface area contributed by atoms with Crippen molar-refractivity contribution in [1.29, 1.82) is 0 Å². The molecule has 0 radical (unpaired) electrons. The molecule has 1 rings (SSSR count). The first-order valence-electron chi connectivity index (χ1n) is 8.41. The lowest BCUT2D eigenvalue weighted by Crippen LogP contribution is -2.33. The Morgan fingerprint density at radius 1 is 1.12 bits per heavy atom. The van der Waals surface area contributed by atoms with E-state index in [4.69, 9.17) is 10.5 Å². The van der Waals surface area contributed by atoms with Crippen molar-refractivity contribution in [2.45, 2.75) is 45.6 Å². The second kappa shape index (κ2) is 10.5. The minimum Gasteiger partial charge on any atom is -0.444 e. The quantitative estimate of drug-likeness (QED) is 0.387. The molecule has 0 spiro atoms. The number of aliphatic imine (C=N–C) groups is 1. The molecule has 0 saturated heterocycles. The van der Waals surface area contributed by atoms with Crippen molar-refractivity contribution in [2.75, 3.05) is 19.6 Å². The lowest BCUT2D eigenvalue weighted by Gasteiger charge is -2.19. The van der Waals surface area contributed by atoms with Crippen LogP contribution in [0.4, 0.5) is 4.79 Å². The number of rotatable bonds is 8. The third-order valence-corrected chi connectivity index (χ3v) is 3.10. The van der Waals surface area contributed by atoms with Gasteiger partial charge < -0.3 is 21.1 Å². The lowest BCUT2D eigenvalue weighted by atomic mass is 10.1. The van der Waals surface area contributed by atoms with Crippen molar-refractivity contribution >= 4 is 12.1 Å². The summed E-state index contributed by atoms with van der Waals surface area (Å²) in [5.74, 6) is 0.464. The predicted molar refractivity (Wildman–Crippen MR) is 98.1 cm³/mol. The maximum Gasteiger partial charge on any atom is 0.407 e. The zero-order valence-corrected chi connectivity index (χ0v) is 15.0. The second-order valence-electron chi connectivity index (χ2n) is 6.57. The third-order valence-electron chi connectivity index (χ3n) is 3.10. The minimum atomic E-state index is -0.464. The molecular weight excluding hydrogens is 304 g/mol. The highest BCUT2D eigenvalue weighted by Crippen LogP contribution is 2.06. The molecule has 24 heavy (non-hydrogen) atoms. The average Bonchev–Trinajstić information content (AvgIpc) is 2.50. The van der Waals surface area contributed by atoms with Crippen LogP contribution >= 0.6 is 0 Å². The molecule has 0 atom stereocenters. The van der Waals surface area contributed by atoms with E-state index in [-0.39, 0.29) is 6.09 Å². The lowest BCUT2D eigenvalue weighted by molar-refractivity contribution is 0.0527. The number of unbranched alkanes of at least 4 members (excludes halogenated alkanes) is 1. The van der Waals surface area contributed by atoms with Crippen LogP contribution in [-0.4, -0.2) is 37.3 Å².